The predicted molar refractivity (Wildman–Crippen MR) is 85.9 cm³/mol. The van der Waals surface area contributed by atoms with Crippen LogP contribution in [0.3, 0.4) is 0 Å². The summed E-state index contributed by atoms with van der Waals surface area (Å²) in [6.45, 7) is -0.649. The minimum absolute atomic E-state index is 0.155. The summed E-state index contributed by atoms with van der Waals surface area (Å²) in [4.78, 5) is 35.9. The Hall–Kier alpha value is -3.10. The van der Waals surface area contributed by atoms with Crippen molar-refractivity contribution in [2.75, 3.05) is 6.61 Å². The lowest BCUT2D eigenvalue weighted by atomic mass is 10.0. The molecule has 0 saturated heterocycles. The predicted octanol–water partition coefficient (Wildman–Crippen LogP) is 1.29. The van der Waals surface area contributed by atoms with Gasteiger partial charge < -0.3 is 10.2 Å². The number of hydrogen-bond donors (Lipinski definition) is 2. The van der Waals surface area contributed by atoms with E-state index >= 15 is 0 Å². The molecule has 2 aromatic rings. The molecule has 0 aliphatic carbocycles. The maximum atomic E-state index is 12.5. The Kier molecular flexibility index (Phi) is 4.30. The third-order valence-electron chi connectivity index (χ3n) is 4.15. The van der Waals surface area contributed by atoms with Crippen molar-refractivity contribution in [2.45, 2.75) is 12.1 Å². The first-order valence-electron chi connectivity index (χ1n) is 7.46. The van der Waals surface area contributed by atoms with Crippen LogP contribution in [0.5, 0.6) is 0 Å². The molecule has 2 amide bonds. The molecule has 8 nitrogen and oxygen atoms in total. The monoisotopic (exact) mass is 342 g/mol. The number of aliphatic hydroxyl groups excluding tert-OH is 2. The Labute approximate surface area is 142 Å². The highest BCUT2D eigenvalue weighted by molar-refractivity contribution is 6.21. The van der Waals surface area contributed by atoms with Gasteiger partial charge in [0.2, 0.25) is 0 Å². The van der Waals surface area contributed by atoms with Crippen LogP contribution in [0.2, 0.25) is 0 Å². The summed E-state index contributed by atoms with van der Waals surface area (Å²) in [6.07, 6.45) is -1.38. The molecule has 0 fully saturated rings. The Morgan fingerprint density at radius 3 is 1.96 bits per heavy atom. The number of nitro benzene ring substituents is 1. The minimum Gasteiger partial charge on any atom is -0.394 e. The topological polar surface area (TPSA) is 121 Å². The van der Waals surface area contributed by atoms with Gasteiger partial charge in [-0.3, -0.25) is 24.6 Å². The summed E-state index contributed by atoms with van der Waals surface area (Å²) >= 11 is 0. The maximum Gasteiger partial charge on any atom is 0.269 e. The van der Waals surface area contributed by atoms with Crippen molar-refractivity contribution in [2.24, 2.45) is 0 Å². The van der Waals surface area contributed by atoms with E-state index in [-0.39, 0.29) is 22.4 Å². The van der Waals surface area contributed by atoms with Crippen LogP contribution < -0.4 is 0 Å². The third-order valence-corrected chi connectivity index (χ3v) is 4.15. The van der Waals surface area contributed by atoms with Crippen LogP contribution in [-0.2, 0) is 0 Å². The van der Waals surface area contributed by atoms with Crippen molar-refractivity contribution in [3.63, 3.8) is 0 Å². The van der Waals surface area contributed by atoms with Crippen LogP contribution in [0.25, 0.3) is 0 Å². The number of rotatable bonds is 5. The molecular weight excluding hydrogens is 328 g/mol. The maximum absolute atomic E-state index is 12.5. The van der Waals surface area contributed by atoms with E-state index in [2.05, 4.69) is 0 Å². The second-order valence-electron chi connectivity index (χ2n) is 5.57. The molecule has 0 radical (unpaired) electrons. The average Bonchev–Trinajstić information content (AvgIpc) is 2.88. The Bertz CT molecular complexity index is 813. The van der Waals surface area contributed by atoms with Crippen LogP contribution in [0.4, 0.5) is 5.69 Å². The number of carbonyl (C=O) groups is 2. The number of fused-ring (bicyclic) bond motifs is 1. The molecule has 1 heterocycles. The fourth-order valence-corrected chi connectivity index (χ4v) is 2.85. The van der Waals surface area contributed by atoms with Gasteiger partial charge in [0.25, 0.3) is 17.5 Å². The molecule has 0 unspecified atom stereocenters. The van der Waals surface area contributed by atoms with Crippen LogP contribution in [0, 0.1) is 10.1 Å². The van der Waals surface area contributed by atoms with Crippen molar-refractivity contribution >= 4 is 17.5 Å². The summed E-state index contributed by atoms with van der Waals surface area (Å²) in [5, 5.41) is 30.9. The van der Waals surface area contributed by atoms with Gasteiger partial charge in [-0.1, -0.05) is 12.1 Å². The number of carbonyl (C=O) groups excluding carboxylic acids is 2. The standard InChI is InChI=1S/C17H14N2O6/c20-9-14(15(21)10-5-7-11(8-6-10)19(24)25)18-16(22)12-3-1-2-4-13(12)17(18)23/h1-8,14-15,20-21H,9H2/t14-,15-/m1/s1. The first-order chi connectivity index (χ1) is 12.0. The normalized spacial score (nSPS) is 15.8. The van der Waals surface area contributed by atoms with Crippen molar-refractivity contribution in [3.05, 3.63) is 75.3 Å². The van der Waals surface area contributed by atoms with E-state index in [1.807, 2.05) is 0 Å². The van der Waals surface area contributed by atoms with Gasteiger partial charge in [-0.05, 0) is 29.8 Å². The molecule has 0 spiro atoms. The average molecular weight is 342 g/mol. The van der Waals surface area contributed by atoms with E-state index in [0.29, 0.717) is 0 Å². The van der Waals surface area contributed by atoms with Gasteiger partial charge in [-0.2, -0.15) is 0 Å². The lowest BCUT2D eigenvalue weighted by molar-refractivity contribution is -0.384. The molecule has 8 heteroatoms. The van der Waals surface area contributed by atoms with Gasteiger partial charge in [-0.25, -0.2) is 0 Å². The number of benzene rings is 2. The van der Waals surface area contributed by atoms with Crippen molar-refractivity contribution in [1.82, 2.24) is 4.90 Å². The van der Waals surface area contributed by atoms with Gasteiger partial charge in [-0.15, -0.1) is 0 Å². The number of hydrogen-bond acceptors (Lipinski definition) is 6. The Morgan fingerprint density at radius 1 is 1.00 bits per heavy atom. The van der Waals surface area contributed by atoms with Crippen LogP contribution in [0.1, 0.15) is 32.4 Å². The zero-order valence-corrected chi connectivity index (χ0v) is 12.9. The highest BCUT2D eigenvalue weighted by atomic mass is 16.6. The third kappa shape index (κ3) is 2.77. The summed E-state index contributed by atoms with van der Waals surface area (Å²) in [6, 6.07) is 10.1. The second-order valence-corrected chi connectivity index (χ2v) is 5.57. The molecule has 2 atom stereocenters. The van der Waals surface area contributed by atoms with Gasteiger partial charge >= 0.3 is 0 Å². The zero-order valence-electron chi connectivity index (χ0n) is 12.9. The molecule has 25 heavy (non-hydrogen) atoms. The fraction of sp³-hybridized carbons (Fsp3) is 0.176. The van der Waals surface area contributed by atoms with E-state index in [1.165, 1.54) is 36.4 Å². The highest BCUT2D eigenvalue weighted by Crippen LogP contribution is 2.30. The smallest absolute Gasteiger partial charge is 0.269 e. The molecule has 0 aromatic heterocycles. The zero-order chi connectivity index (χ0) is 18.1. The largest absolute Gasteiger partial charge is 0.394 e. The van der Waals surface area contributed by atoms with Crippen LogP contribution in [0.15, 0.2) is 48.5 Å². The molecule has 2 N–H and O–H groups in total. The first-order valence-corrected chi connectivity index (χ1v) is 7.46. The van der Waals surface area contributed by atoms with E-state index in [0.717, 1.165) is 4.90 Å². The van der Waals surface area contributed by atoms with Gasteiger partial charge in [0, 0.05) is 12.1 Å². The number of amides is 2. The molecule has 1 aliphatic rings. The second kappa shape index (κ2) is 6.42. The van der Waals surface area contributed by atoms with Gasteiger partial charge in [0.05, 0.1) is 28.7 Å². The number of nitro groups is 1. The number of aliphatic hydroxyl groups is 2. The lowest BCUT2D eigenvalue weighted by Crippen LogP contribution is -2.45. The highest BCUT2D eigenvalue weighted by Gasteiger charge is 2.42. The van der Waals surface area contributed by atoms with Crippen LogP contribution >= 0.6 is 0 Å². The summed E-state index contributed by atoms with van der Waals surface area (Å²) in [5.74, 6) is -1.19. The van der Waals surface area contributed by atoms with E-state index in [4.69, 9.17) is 0 Å². The molecule has 128 valence electrons. The summed E-state index contributed by atoms with van der Waals surface area (Å²) in [7, 11) is 0. The van der Waals surface area contributed by atoms with Crippen molar-refractivity contribution < 1.29 is 24.7 Å². The Morgan fingerprint density at radius 2 is 1.52 bits per heavy atom. The quantitative estimate of drug-likeness (QED) is 0.480. The number of non-ortho nitro benzene ring substituents is 1. The molecular formula is C17H14N2O6. The summed E-state index contributed by atoms with van der Waals surface area (Å²) in [5.41, 5.74) is 0.516. The minimum atomic E-state index is -1.38. The lowest BCUT2D eigenvalue weighted by Gasteiger charge is -2.29. The van der Waals surface area contributed by atoms with Crippen molar-refractivity contribution in [1.29, 1.82) is 0 Å². The summed E-state index contributed by atoms with van der Waals surface area (Å²) < 4.78 is 0. The van der Waals surface area contributed by atoms with E-state index < -0.39 is 35.5 Å². The van der Waals surface area contributed by atoms with Crippen molar-refractivity contribution in [3.8, 4) is 0 Å². The van der Waals surface area contributed by atoms with Gasteiger partial charge in [0.1, 0.15) is 6.10 Å². The first kappa shape index (κ1) is 16.7. The molecule has 3 rings (SSSR count). The Balaban J connectivity index is 1.91. The molecule has 0 saturated carbocycles. The number of nitrogens with zero attached hydrogens (tertiary/aromatic N) is 2. The number of imide groups is 1. The van der Waals surface area contributed by atoms with E-state index in [1.54, 1.807) is 12.1 Å². The van der Waals surface area contributed by atoms with Crippen LogP contribution in [-0.4, -0.2) is 44.5 Å². The van der Waals surface area contributed by atoms with E-state index in [9.17, 15) is 29.9 Å². The molecule has 0 bridgehead atoms. The fourth-order valence-electron chi connectivity index (χ4n) is 2.85. The SMILES string of the molecule is O=C1c2ccccc2C(=O)N1[C@H](CO)[C@H](O)c1ccc([N+](=O)[O-])cc1. The molecule has 2 aromatic carbocycles. The molecule has 1 aliphatic heterocycles. The van der Waals surface area contributed by atoms with Gasteiger partial charge in [0.15, 0.2) is 0 Å².